The molecule has 2 amide bonds. The number of Topliss-reactive ketones (excluding diaryl/α,β-unsaturated/α-hetero) is 2. The van der Waals surface area contributed by atoms with Crippen LogP contribution in [-0.2, 0) is 38.5 Å². The average molecular weight is 1130 g/mol. The molecule has 0 radical (unpaired) electrons. The zero-order valence-electron chi connectivity index (χ0n) is 47.4. The number of ketones is 2. The highest BCUT2D eigenvalue weighted by atomic mass is 16.6. The van der Waals surface area contributed by atoms with Gasteiger partial charge in [-0.15, -0.1) is 0 Å². The number of aromatic nitrogens is 6. The summed E-state index contributed by atoms with van der Waals surface area (Å²) in [6, 6.07) is 42.9. The molecular weight excluding hydrogens is 1050 g/mol. The number of hydrogen-bond donors (Lipinski definition) is 6. The summed E-state index contributed by atoms with van der Waals surface area (Å²) in [5.74, 6) is 2.11. The van der Waals surface area contributed by atoms with Crippen molar-refractivity contribution in [1.82, 2.24) is 50.3 Å². The summed E-state index contributed by atoms with van der Waals surface area (Å²) >= 11 is 0. The molecule has 4 aromatic heterocycles. The van der Waals surface area contributed by atoms with E-state index in [4.69, 9.17) is 9.47 Å². The summed E-state index contributed by atoms with van der Waals surface area (Å²) in [6.07, 6.45) is 11.3. The van der Waals surface area contributed by atoms with Gasteiger partial charge in [0.15, 0.2) is 11.6 Å². The highest BCUT2D eigenvalue weighted by Gasteiger charge is 2.37. The lowest BCUT2D eigenvalue weighted by Crippen LogP contribution is -2.43. The van der Waals surface area contributed by atoms with Crippen LogP contribution in [0.5, 0.6) is 0 Å². The SMILES string of the molecule is C.CC(C)(C)OC(=O)N1CCCC1C(=O)Cc1ccc2[nH]c(-c3ccc(-c4cnc([C@@H]5CCCN5C(=O)OCc5ccccc5)[nH]4)cc3)cc2c1.O=C(Cc1ccc2[nH]c(-c3ccc(-c4cnc([C@@H]5CCCN5)[nH]4)cc3)cc2c1)[C@@H]1CCCN1. The maximum absolute atomic E-state index is 13.3. The third-order valence-electron chi connectivity index (χ3n) is 16.4. The van der Waals surface area contributed by atoms with Crippen molar-refractivity contribution in [2.24, 2.45) is 0 Å². The first-order valence-corrected chi connectivity index (χ1v) is 29.4. The standard InChI is InChI=1S/C40H43N5O5.C27H29N5O.CH4/c1-40(2,3)50-39(48)44-19-7-11-34(44)36(46)22-27-13-18-31-30(21-27)23-32(42-31)28-14-16-29(17-15-28)33-24-41-37(43-33)35-12-8-20-45(35)38(47)49-25-26-9-5-4-6-10-26;33-26(22-3-1-11-28-22)14-17-5-10-21-20(13-17)15-24(31-21)18-6-8-19(9-7-18)25-16-30-27(32-25)23-4-2-12-29-23;/h4-6,9-10,13-18,21,23-24,34-35,42H,7-8,11-12,19-20,22,25H2,1-3H3,(H,41,43);5-10,13,15-16,22-23,28-29,31H,1-4,11-12,14H2,(H,30,32);1H4/t34?,35-;22-,23-;/m00./s1. The second-order valence-electron chi connectivity index (χ2n) is 23.5. The summed E-state index contributed by atoms with van der Waals surface area (Å²) in [4.78, 5) is 78.0. The Bertz CT molecular complexity index is 3750. The molecule has 8 heterocycles. The van der Waals surface area contributed by atoms with Crippen LogP contribution in [0.4, 0.5) is 9.59 Å². The zero-order chi connectivity index (χ0) is 57.0. The van der Waals surface area contributed by atoms with E-state index in [2.05, 4.69) is 119 Å². The fourth-order valence-corrected chi connectivity index (χ4v) is 12.1. The molecule has 9 aromatic rings. The van der Waals surface area contributed by atoms with E-state index in [9.17, 15) is 19.2 Å². The number of carbonyl (C=O) groups excluding carboxylic acids is 4. The van der Waals surface area contributed by atoms with Gasteiger partial charge in [0.2, 0.25) is 0 Å². The van der Waals surface area contributed by atoms with Crippen LogP contribution in [0.25, 0.3) is 66.8 Å². The largest absolute Gasteiger partial charge is 0.445 e. The number of hydrogen-bond acceptors (Lipinski definition) is 10. The van der Waals surface area contributed by atoms with Gasteiger partial charge in [0.05, 0.1) is 47.9 Å². The minimum Gasteiger partial charge on any atom is -0.445 e. The van der Waals surface area contributed by atoms with Gasteiger partial charge in [0.1, 0.15) is 23.9 Å². The summed E-state index contributed by atoms with van der Waals surface area (Å²) in [5, 5.41) is 8.96. The van der Waals surface area contributed by atoms with Crippen LogP contribution in [-0.4, -0.2) is 107 Å². The van der Waals surface area contributed by atoms with E-state index in [1.807, 2.05) is 81.7 Å². The predicted octanol–water partition coefficient (Wildman–Crippen LogP) is 13.4. The number of nitrogens with zero attached hydrogens (tertiary/aromatic N) is 4. The van der Waals surface area contributed by atoms with Gasteiger partial charge in [-0.1, -0.05) is 98.4 Å². The van der Waals surface area contributed by atoms with E-state index < -0.39 is 17.7 Å². The van der Waals surface area contributed by atoms with Gasteiger partial charge in [-0.05, 0) is 161 Å². The van der Waals surface area contributed by atoms with Crippen LogP contribution in [0.3, 0.4) is 0 Å². The van der Waals surface area contributed by atoms with Crippen molar-refractivity contribution in [3.8, 4) is 45.0 Å². The van der Waals surface area contributed by atoms with E-state index >= 15 is 0 Å². The average Bonchev–Trinajstić information content (AvgIpc) is 4.52. The number of likely N-dealkylation sites (tertiary alicyclic amines) is 2. The van der Waals surface area contributed by atoms with Crippen LogP contribution >= 0.6 is 0 Å². The molecule has 5 aromatic carbocycles. The quantitative estimate of drug-likeness (QED) is 0.0607. The summed E-state index contributed by atoms with van der Waals surface area (Å²) in [5.41, 5.74) is 12.7. The smallest absolute Gasteiger partial charge is 0.410 e. The van der Waals surface area contributed by atoms with Crippen molar-refractivity contribution in [3.63, 3.8) is 0 Å². The van der Waals surface area contributed by atoms with Crippen molar-refractivity contribution in [2.45, 2.75) is 129 Å². The molecule has 6 N–H and O–H groups in total. The number of H-pyrrole nitrogens is 4. The Morgan fingerprint density at radius 1 is 0.536 bits per heavy atom. The van der Waals surface area contributed by atoms with Gasteiger partial charge >= 0.3 is 12.2 Å². The fraction of sp³-hybridized carbons (Fsp3) is 0.353. The number of carbonyl (C=O) groups is 4. The molecule has 4 saturated heterocycles. The molecule has 1 unspecified atom stereocenters. The predicted molar refractivity (Wildman–Crippen MR) is 329 cm³/mol. The molecule has 0 aliphatic carbocycles. The monoisotopic (exact) mass is 1130 g/mol. The molecule has 0 spiro atoms. The summed E-state index contributed by atoms with van der Waals surface area (Å²) in [7, 11) is 0. The van der Waals surface area contributed by atoms with Crippen LogP contribution in [0.1, 0.15) is 120 Å². The first-order valence-electron chi connectivity index (χ1n) is 29.4. The number of rotatable bonds is 14. The number of amides is 2. The summed E-state index contributed by atoms with van der Waals surface area (Å²) in [6.45, 7) is 8.94. The molecule has 84 heavy (non-hydrogen) atoms. The summed E-state index contributed by atoms with van der Waals surface area (Å²) < 4.78 is 11.2. The highest BCUT2D eigenvalue weighted by Crippen LogP contribution is 2.35. The number of fused-ring (bicyclic) bond motifs is 2. The number of benzene rings is 5. The topological polar surface area (TPSA) is 206 Å². The molecule has 4 fully saturated rings. The van der Waals surface area contributed by atoms with E-state index in [0.29, 0.717) is 37.8 Å². The van der Waals surface area contributed by atoms with Gasteiger partial charge in [-0.3, -0.25) is 19.4 Å². The zero-order valence-corrected chi connectivity index (χ0v) is 47.4. The third kappa shape index (κ3) is 13.1. The second-order valence-corrected chi connectivity index (χ2v) is 23.5. The van der Waals surface area contributed by atoms with E-state index in [0.717, 1.165) is 147 Å². The molecular formula is C68H76N10O6. The molecule has 4 aliphatic heterocycles. The van der Waals surface area contributed by atoms with Gasteiger partial charge in [0, 0.05) is 59.1 Å². The molecule has 0 bridgehead atoms. The lowest BCUT2D eigenvalue weighted by atomic mass is 10.0. The molecule has 434 valence electrons. The minimum atomic E-state index is -0.605. The Morgan fingerprint density at radius 3 is 1.67 bits per heavy atom. The van der Waals surface area contributed by atoms with Gasteiger partial charge < -0.3 is 40.0 Å². The van der Waals surface area contributed by atoms with Crippen molar-refractivity contribution in [2.75, 3.05) is 26.2 Å². The Morgan fingerprint density at radius 2 is 1.08 bits per heavy atom. The van der Waals surface area contributed by atoms with Gasteiger partial charge in [0.25, 0.3) is 0 Å². The number of aromatic amines is 4. The van der Waals surface area contributed by atoms with Crippen LogP contribution in [0.2, 0.25) is 0 Å². The van der Waals surface area contributed by atoms with Crippen molar-refractivity contribution >= 4 is 45.6 Å². The normalized spacial score (nSPS) is 18.7. The number of nitrogens with one attached hydrogen (secondary N) is 6. The molecule has 16 nitrogen and oxygen atoms in total. The molecule has 13 rings (SSSR count). The van der Waals surface area contributed by atoms with E-state index in [1.165, 1.54) is 6.42 Å². The molecule has 4 aliphatic rings. The van der Waals surface area contributed by atoms with Gasteiger partial charge in [-0.25, -0.2) is 19.6 Å². The number of imidazole rings is 2. The van der Waals surface area contributed by atoms with Crippen molar-refractivity contribution in [3.05, 3.63) is 168 Å². The molecule has 4 atom stereocenters. The lowest BCUT2D eigenvalue weighted by molar-refractivity contribution is -0.122. The third-order valence-corrected chi connectivity index (χ3v) is 16.4. The van der Waals surface area contributed by atoms with Gasteiger partial charge in [-0.2, -0.15) is 0 Å². The van der Waals surface area contributed by atoms with E-state index in [1.54, 1.807) is 9.80 Å². The molecule has 16 heteroatoms. The second kappa shape index (κ2) is 25.1. The lowest BCUT2D eigenvalue weighted by Gasteiger charge is -2.28. The molecule has 0 saturated carbocycles. The Labute approximate surface area is 490 Å². The highest BCUT2D eigenvalue weighted by molar-refractivity contribution is 5.93. The Balaban J connectivity index is 0.000000187. The van der Waals surface area contributed by atoms with Crippen molar-refractivity contribution < 1.29 is 28.7 Å². The van der Waals surface area contributed by atoms with Crippen molar-refractivity contribution in [1.29, 1.82) is 0 Å². The van der Waals surface area contributed by atoms with Crippen LogP contribution in [0, 0.1) is 0 Å². The first-order chi connectivity index (χ1) is 40.3. The Hall–Kier alpha value is -8.60. The Kier molecular flexibility index (Phi) is 17.1. The fourth-order valence-electron chi connectivity index (χ4n) is 12.1. The van der Waals surface area contributed by atoms with E-state index in [-0.39, 0.29) is 44.4 Å². The minimum absolute atomic E-state index is 0. The number of ether oxygens (including phenoxy) is 2. The maximum atomic E-state index is 13.3. The maximum Gasteiger partial charge on any atom is 0.410 e. The first kappa shape index (κ1) is 57.2. The van der Waals surface area contributed by atoms with Crippen LogP contribution < -0.4 is 10.6 Å². The van der Waals surface area contributed by atoms with Crippen LogP contribution in [0.15, 0.2) is 140 Å².